The third-order valence-electron chi connectivity index (χ3n) is 3.68. The number of H-pyrrole nitrogens is 1. The van der Waals surface area contributed by atoms with Crippen molar-refractivity contribution in [2.24, 2.45) is 5.73 Å². The molecule has 24 heavy (non-hydrogen) atoms. The number of imidazole rings is 1. The molecule has 0 spiro atoms. The highest BCUT2D eigenvalue weighted by atomic mass is 16.1. The molecule has 0 aliphatic heterocycles. The number of carbonyl (C=O) groups is 1. The molecule has 0 fully saturated rings. The van der Waals surface area contributed by atoms with Gasteiger partial charge in [0.2, 0.25) is 0 Å². The lowest BCUT2D eigenvalue weighted by atomic mass is 10.2. The van der Waals surface area contributed by atoms with E-state index in [1.165, 1.54) is 0 Å². The zero-order valence-corrected chi connectivity index (χ0v) is 13.7. The number of aromatic amines is 1. The lowest BCUT2D eigenvalue weighted by Crippen LogP contribution is -2.21. The topological polar surface area (TPSA) is 99.9 Å². The number of likely N-dealkylation sites (N-methyl/N-ethyl adjacent to an activating group) is 1. The van der Waals surface area contributed by atoms with Crippen LogP contribution in [0.4, 0.5) is 5.82 Å². The fraction of sp³-hybridized carbons (Fsp3) is 0.235. The summed E-state index contributed by atoms with van der Waals surface area (Å²) in [6.45, 7) is 1.76. The van der Waals surface area contributed by atoms with Gasteiger partial charge in [0.1, 0.15) is 17.2 Å². The Morgan fingerprint density at radius 1 is 1.29 bits per heavy atom. The van der Waals surface area contributed by atoms with Crippen LogP contribution >= 0.6 is 0 Å². The number of anilines is 1. The maximum absolute atomic E-state index is 11.5. The second-order valence-electron chi connectivity index (χ2n) is 5.81. The molecule has 7 nitrogen and oxygen atoms in total. The minimum absolute atomic E-state index is 0.407. The largest absolute Gasteiger partial charge is 0.369 e. The number of nitrogens with two attached hydrogens (primary N) is 1. The van der Waals surface area contributed by atoms with Crippen molar-refractivity contribution in [1.82, 2.24) is 19.9 Å². The van der Waals surface area contributed by atoms with Crippen LogP contribution in [0.1, 0.15) is 10.4 Å². The Kier molecular flexibility index (Phi) is 4.43. The first-order chi connectivity index (χ1) is 11.5. The first-order valence-electron chi connectivity index (χ1n) is 7.68. The van der Waals surface area contributed by atoms with Crippen LogP contribution < -0.4 is 11.1 Å². The molecule has 124 valence electrons. The minimum atomic E-state index is -0.489. The van der Waals surface area contributed by atoms with E-state index in [2.05, 4.69) is 25.2 Å². The molecule has 0 saturated heterocycles. The lowest BCUT2D eigenvalue weighted by molar-refractivity contribution is 0.100. The van der Waals surface area contributed by atoms with E-state index in [-0.39, 0.29) is 0 Å². The fourth-order valence-corrected chi connectivity index (χ4v) is 2.41. The van der Waals surface area contributed by atoms with Crippen LogP contribution in [-0.4, -0.2) is 52.9 Å². The smallest absolute Gasteiger partial charge is 0.250 e. The number of nitrogens with one attached hydrogen (secondary N) is 2. The van der Waals surface area contributed by atoms with Gasteiger partial charge in [-0.2, -0.15) is 0 Å². The molecule has 3 aromatic rings. The molecule has 0 aliphatic rings. The molecule has 0 atom stereocenters. The number of primary amides is 1. The molecule has 0 unspecified atom stereocenters. The molecule has 0 aliphatic carbocycles. The summed E-state index contributed by atoms with van der Waals surface area (Å²) < 4.78 is 0. The van der Waals surface area contributed by atoms with Gasteiger partial charge in [0.25, 0.3) is 5.91 Å². The molecular weight excluding hydrogens is 304 g/mol. The Balaban J connectivity index is 1.83. The maximum atomic E-state index is 11.5. The summed E-state index contributed by atoms with van der Waals surface area (Å²) in [7, 11) is 4.06. The van der Waals surface area contributed by atoms with Gasteiger partial charge in [-0.3, -0.25) is 4.79 Å². The van der Waals surface area contributed by atoms with Gasteiger partial charge in [-0.1, -0.05) is 6.07 Å². The number of benzene rings is 1. The standard InChI is InChI=1S/C17H20N6O/c1-23(2)9-8-19-14-7-6-11(10-20-14)17-21-13-5-3-4-12(16(18)24)15(13)22-17/h3-7,10H,8-9H2,1-2H3,(H2,18,24)(H,19,20)(H,21,22). The number of rotatable bonds is 6. The molecule has 1 aromatic carbocycles. The number of amides is 1. The van der Waals surface area contributed by atoms with Crippen molar-refractivity contribution in [1.29, 1.82) is 0 Å². The van der Waals surface area contributed by atoms with Crippen molar-refractivity contribution in [3.63, 3.8) is 0 Å². The molecule has 2 heterocycles. The number of pyridine rings is 1. The average Bonchev–Trinajstić information content (AvgIpc) is 2.99. The van der Waals surface area contributed by atoms with Gasteiger partial charge in [-0.25, -0.2) is 9.97 Å². The van der Waals surface area contributed by atoms with Gasteiger partial charge in [0.05, 0.1) is 11.1 Å². The molecular formula is C17H20N6O. The second kappa shape index (κ2) is 6.67. The van der Waals surface area contributed by atoms with Crippen LogP contribution in [-0.2, 0) is 0 Å². The Labute approximate surface area is 139 Å². The van der Waals surface area contributed by atoms with Gasteiger partial charge in [-0.05, 0) is 38.4 Å². The molecule has 0 radical (unpaired) electrons. The van der Waals surface area contributed by atoms with E-state index in [0.29, 0.717) is 16.9 Å². The zero-order valence-electron chi connectivity index (χ0n) is 13.7. The molecule has 3 rings (SSSR count). The first-order valence-corrected chi connectivity index (χ1v) is 7.68. The zero-order chi connectivity index (χ0) is 17.1. The van der Waals surface area contributed by atoms with Crippen LogP contribution in [0.2, 0.25) is 0 Å². The molecule has 4 N–H and O–H groups in total. The third kappa shape index (κ3) is 3.36. The van der Waals surface area contributed by atoms with E-state index >= 15 is 0 Å². The van der Waals surface area contributed by atoms with Gasteiger partial charge in [-0.15, -0.1) is 0 Å². The summed E-state index contributed by atoms with van der Waals surface area (Å²) in [6.07, 6.45) is 1.75. The van der Waals surface area contributed by atoms with E-state index in [1.807, 2.05) is 32.3 Å². The van der Waals surface area contributed by atoms with Gasteiger partial charge in [0.15, 0.2) is 0 Å². The molecule has 2 aromatic heterocycles. The summed E-state index contributed by atoms with van der Waals surface area (Å²) in [5, 5.41) is 3.26. The highest BCUT2D eigenvalue weighted by Crippen LogP contribution is 2.22. The van der Waals surface area contributed by atoms with Crippen molar-refractivity contribution in [3.8, 4) is 11.4 Å². The predicted octanol–water partition coefficient (Wildman–Crippen LogP) is 1.70. The Hall–Kier alpha value is -2.93. The molecule has 0 bridgehead atoms. The number of hydrogen-bond acceptors (Lipinski definition) is 5. The van der Waals surface area contributed by atoms with E-state index in [1.54, 1.807) is 18.3 Å². The first kappa shape index (κ1) is 15.9. The SMILES string of the molecule is CN(C)CCNc1ccc(-c2nc3c(C(N)=O)cccc3[nH]2)cn1. The Morgan fingerprint density at radius 2 is 2.12 bits per heavy atom. The van der Waals surface area contributed by atoms with Crippen LogP contribution in [0.15, 0.2) is 36.5 Å². The summed E-state index contributed by atoms with van der Waals surface area (Å²) in [5.74, 6) is 0.984. The summed E-state index contributed by atoms with van der Waals surface area (Å²) in [4.78, 5) is 25.7. The quantitative estimate of drug-likeness (QED) is 0.641. The van der Waals surface area contributed by atoms with Gasteiger partial charge in [0, 0.05) is 24.8 Å². The van der Waals surface area contributed by atoms with Crippen molar-refractivity contribution in [3.05, 3.63) is 42.1 Å². The average molecular weight is 324 g/mol. The van der Waals surface area contributed by atoms with Crippen LogP contribution in [0, 0.1) is 0 Å². The normalized spacial score (nSPS) is 11.1. The predicted molar refractivity (Wildman–Crippen MR) is 94.9 cm³/mol. The van der Waals surface area contributed by atoms with Crippen LogP contribution in [0.25, 0.3) is 22.4 Å². The van der Waals surface area contributed by atoms with Gasteiger partial charge >= 0.3 is 0 Å². The number of hydrogen-bond donors (Lipinski definition) is 3. The van der Waals surface area contributed by atoms with Crippen molar-refractivity contribution in [2.45, 2.75) is 0 Å². The van der Waals surface area contributed by atoms with E-state index in [0.717, 1.165) is 30.0 Å². The van der Waals surface area contributed by atoms with Crippen molar-refractivity contribution in [2.75, 3.05) is 32.5 Å². The lowest BCUT2D eigenvalue weighted by Gasteiger charge is -2.10. The number of fused-ring (bicyclic) bond motifs is 1. The van der Waals surface area contributed by atoms with Crippen LogP contribution in [0.3, 0.4) is 0 Å². The Bertz CT molecular complexity index is 853. The highest BCUT2D eigenvalue weighted by Gasteiger charge is 2.12. The maximum Gasteiger partial charge on any atom is 0.250 e. The van der Waals surface area contributed by atoms with Crippen molar-refractivity contribution < 1.29 is 4.79 Å². The third-order valence-corrected chi connectivity index (χ3v) is 3.68. The fourth-order valence-electron chi connectivity index (χ4n) is 2.41. The van der Waals surface area contributed by atoms with Gasteiger partial charge < -0.3 is 20.9 Å². The molecule has 7 heteroatoms. The number of nitrogens with zero attached hydrogens (tertiary/aromatic N) is 3. The summed E-state index contributed by atoms with van der Waals surface area (Å²) in [6, 6.07) is 9.16. The van der Waals surface area contributed by atoms with Crippen LogP contribution in [0.5, 0.6) is 0 Å². The second-order valence-corrected chi connectivity index (χ2v) is 5.81. The minimum Gasteiger partial charge on any atom is -0.369 e. The van der Waals surface area contributed by atoms with E-state index in [4.69, 9.17) is 5.73 Å². The van der Waals surface area contributed by atoms with E-state index in [9.17, 15) is 4.79 Å². The summed E-state index contributed by atoms with van der Waals surface area (Å²) >= 11 is 0. The van der Waals surface area contributed by atoms with E-state index < -0.39 is 5.91 Å². The Morgan fingerprint density at radius 3 is 2.79 bits per heavy atom. The molecule has 0 saturated carbocycles. The number of carbonyl (C=O) groups excluding carboxylic acids is 1. The molecule has 1 amide bonds. The monoisotopic (exact) mass is 324 g/mol. The number of para-hydroxylation sites is 1. The highest BCUT2D eigenvalue weighted by molar-refractivity contribution is 6.04. The number of aromatic nitrogens is 3. The van der Waals surface area contributed by atoms with Crippen molar-refractivity contribution >= 4 is 22.8 Å². The summed E-state index contributed by atoms with van der Waals surface area (Å²) in [5.41, 5.74) is 8.00.